The van der Waals surface area contributed by atoms with Gasteiger partial charge in [-0.1, -0.05) is 38.9 Å². The highest BCUT2D eigenvalue weighted by Gasteiger charge is 2.35. The van der Waals surface area contributed by atoms with Gasteiger partial charge in [0, 0.05) is 15.6 Å². The van der Waals surface area contributed by atoms with Crippen LogP contribution in [0.2, 0.25) is 5.02 Å². The van der Waals surface area contributed by atoms with E-state index in [0.29, 0.717) is 42.1 Å². The lowest BCUT2D eigenvalue weighted by atomic mass is 9.94. The number of aromatic nitrogens is 1. The van der Waals surface area contributed by atoms with Crippen molar-refractivity contribution in [3.05, 3.63) is 81.9 Å². The number of hydrogen-bond donors (Lipinski definition) is 1. The van der Waals surface area contributed by atoms with Gasteiger partial charge in [0.05, 0.1) is 41.7 Å². The van der Waals surface area contributed by atoms with Crippen molar-refractivity contribution in [2.75, 3.05) is 20.8 Å². The first kappa shape index (κ1) is 26.0. The topological polar surface area (TPSA) is 99.4 Å². The molecule has 1 N–H and O–H groups in total. The van der Waals surface area contributed by atoms with E-state index in [2.05, 4.69) is 20.9 Å². The second-order valence-corrected chi connectivity index (χ2v) is 10.1. The van der Waals surface area contributed by atoms with E-state index in [1.54, 1.807) is 50.3 Å². The molecule has 1 aliphatic heterocycles. The first-order valence-corrected chi connectivity index (χ1v) is 12.8. The van der Waals surface area contributed by atoms with E-state index in [0.717, 1.165) is 11.3 Å². The van der Waals surface area contributed by atoms with Gasteiger partial charge in [-0.15, -0.1) is 0 Å². The number of benzene rings is 2. The van der Waals surface area contributed by atoms with Crippen LogP contribution in [-0.2, 0) is 9.53 Å². The number of fused-ring (bicyclic) bond motifs is 1. The standard InChI is InChI=1S/C25H22BrClN2O6S/c1-5-35-24(32)20-12(2)28-25-29(21(20)16-11-15(33-3)6-7-18(16)34-4)23(31)19(36-25)9-13-8-14(26)10-17(27)22(13)30/h6-11,21,30H,5H2,1-4H3/b19-9-/t21-/m0/s1. The molecule has 0 bridgehead atoms. The molecule has 8 nitrogen and oxygen atoms in total. The minimum atomic E-state index is -0.882. The van der Waals surface area contributed by atoms with Crippen molar-refractivity contribution in [2.24, 2.45) is 4.99 Å². The number of carbonyl (C=O) groups is 1. The highest BCUT2D eigenvalue weighted by Crippen LogP contribution is 2.38. The van der Waals surface area contributed by atoms with Crippen LogP contribution in [-0.4, -0.2) is 36.5 Å². The number of nitrogens with zero attached hydrogens (tertiary/aromatic N) is 2. The predicted molar refractivity (Wildman–Crippen MR) is 141 cm³/mol. The predicted octanol–water partition coefficient (Wildman–Crippen LogP) is 3.94. The van der Waals surface area contributed by atoms with Crippen LogP contribution in [0.25, 0.3) is 6.08 Å². The number of aromatic hydroxyl groups is 1. The molecule has 0 saturated heterocycles. The summed E-state index contributed by atoms with van der Waals surface area (Å²) in [5.74, 6) is 0.252. The molecule has 36 heavy (non-hydrogen) atoms. The summed E-state index contributed by atoms with van der Waals surface area (Å²) in [6, 6.07) is 7.48. The fourth-order valence-corrected chi connectivity index (χ4v) is 5.85. The summed E-state index contributed by atoms with van der Waals surface area (Å²) >= 11 is 10.6. The molecule has 11 heteroatoms. The SMILES string of the molecule is CCOC(=O)C1=C(C)N=c2s/c(=C\c3cc(Br)cc(Cl)c3O)c(=O)n2[C@H]1c1cc(OC)ccc1OC. The number of hydrogen-bond acceptors (Lipinski definition) is 8. The van der Waals surface area contributed by atoms with Gasteiger partial charge in [0.15, 0.2) is 4.80 Å². The molecule has 3 aromatic rings. The van der Waals surface area contributed by atoms with Crippen molar-refractivity contribution < 1.29 is 24.1 Å². The van der Waals surface area contributed by atoms with Crippen LogP contribution in [0.15, 0.2) is 55.9 Å². The summed E-state index contributed by atoms with van der Waals surface area (Å²) < 4.78 is 18.7. The van der Waals surface area contributed by atoms with E-state index in [1.807, 2.05) is 0 Å². The number of phenolic OH excluding ortho intramolecular Hbond substituents is 1. The Morgan fingerprint density at radius 1 is 1.28 bits per heavy atom. The number of ether oxygens (including phenoxy) is 3. The van der Waals surface area contributed by atoms with Gasteiger partial charge in [-0.2, -0.15) is 0 Å². The van der Waals surface area contributed by atoms with Gasteiger partial charge >= 0.3 is 5.97 Å². The van der Waals surface area contributed by atoms with Gasteiger partial charge in [0.1, 0.15) is 23.3 Å². The van der Waals surface area contributed by atoms with E-state index in [1.165, 1.54) is 18.8 Å². The average Bonchev–Trinajstić information content (AvgIpc) is 3.15. The van der Waals surface area contributed by atoms with Crippen LogP contribution in [0.3, 0.4) is 0 Å². The van der Waals surface area contributed by atoms with E-state index < -0.39 is 17.6 Å². The minimum Gasteiger partial charge on any atom is -0.506 e. The van der Waals surface area contributed by atoms with E-state index in [-0.39, 0.29) is 23.0 Å². The lowest BCUT2D eigenvalue weighted by Crippen LogP contribution is -2.40. The summed E-state index contributed by atoms with van der Waals surface area (Å²) in [7, 11) is 3.04. The van der Waals surface area contributed by atoms with Gasteiger partial charge in [-0.25, -0.2) is 9.79 Å². The molecule has 2 aromatic carbocycles. The van der Waals surface area contributed by atoms with Crippen LogP contribution in [0, 0.1) is 0 Å². The molecule has 1 aliphatic rings. The van der Waals surface area contributed by atoms with Gasteiger partial charge in [0.2, 0.25) is 0 Å². The summed E-state index contributed by atoms with van der Waals surface area (Å²) in [6.07, 6.45) is 1.54. The molecule has 0 amide bonds. The maximum Gasteiger partial charge on any atom is 0.338 e. The maximum atomic E-state index is 13.8. The number of rotatable bonds is 6. The molecule has 0 unspecified atom stereocenters. The second kappa shape index (κ2) is 10.5. The molecule has 0 saturated carbocycles. The Labute approximate surface area is 223 Å². The lowest BCUT2D eigenvalue weighted by Gasteiger charge is -2.26. The third kappa shape index (κ3) is 4.68. The maximum absolute atomic E-state index is 13.8. The first-order chi connectivity index (χ1) is 17.2. The average molecular weight is 594 g/mol. The number of phenols is 1. The molecule has 1 atom stereocenters. The van der Waals surface area contributed by atoms with Gasteiger partial charge < -0.3 is 19.3 Å². The number of carbonyl (C=O) groups excluding carboxylic acids is 1. The van der Waals surface area contributed by atoms with Crippen molar-refractivity contribution in [1.29, 1.82) is 0 Å². The first-order valence-electron chi connectivity index (χ1n) is 10.8. The highest BCUT2D eigenvalue weighted by atomic mass is 79.9. The number of thiazole rings is 1. The van der Waals surface area contributed by atoms with Crippen molar-refractivity contribution in [3.63, 3.8) is 0 Å². The van der Waals surface area contributed by atoms with Crippen molar-refractivity contribution >= 4 is 50.9 Å². The number of halogens is 2. The third-order valence-electron chi connectivity index (χ3n) is 5.59. The molecule has 2 heterocycles. The molecule has 0 radical (unpaired) electrons. The summed E-state index contributed by atoms with van der Waals surface area (Å²) in [4.78, 5) is 31.8. The normalized spacial score (nSPS) is 15.4. The summed E-state index contributed by atoms with van der Waals surface area (Å²) in [5.41, 5.74) is 1.13. The molecule has 0 fully saturated rings. The minimum absolute atomic E-state index is 0.142. The van der Waals surface area contributed by atoms with Crippen LogP contribution in [0.5, 0.6) is 17.2 Å². The van der Waals surface area contributed by atoms with E-state index >= 15 is 0 Å². The Kier molecular flexibility index (Phi) is 7.58. The Morgan fingerprint density at radius 3 is 2.69 bits per heavy atom. The molecule has 188 valence electrons. The Balaban J connectivity index is 2.04. The molecule has 0 aliphatic carbocycles. The Morgan fingerprint density at radius 2 is 2.03 bits per heavy atom. The molecule has 1 aromatic heterocycles. The monoisotopic (exact) mass is 592 g/mol. The highest BCUT2D eigenvalue weighted by molar-refractivity contribution is 9.10. The number of methoxy groups -OCH3 is 2. The molecule has 4 rings (SSSR count). The van der Waals surface area contributed by atoms with Crippen LogP contribution in [0.1, 0.15) is 31.0 Å². The zero-order valence-corrected chi connectivity index (χ0v) is 23.0. The fourth-order valence-electron chi connectivity index (χ4n) is 3.98. The summed E-state index contributed by atoms with van der Waals surface area (Å²) in [6.45, 7) is 3.56. The largest absolute Gasteiger partial charge is 0.506 e. The fraction of sp³-hybridized carbons (Fsp3) is 0.240. The number of esters is 1. The second-order valence-electron chi connectivity index (χ2n) is 7.74. The molecular formula is C25H22BrClN2O6S. The lowest BCUT2D eigenvalue weighted by molar-refractivity contribution is -0.139. The quantitative estimate of drug-likeness (QED) is 0.435. The van der Waals surface area contributed by atoms with Crippen molar-refractivity contribution in [2.45, 2.75) is 19.9 Å². The smallest absolute Gasteiger partial charge is 0.338 e. The Bertz CT molecular complexity index is 1580. The van der Waals surface area contributed by atoms with Gasteiger partial charge in [-0.3, -0.25) is 9.36 Å². The van der Waals surface area contributed by atoms with Crippen LogP contribution in [0.4, 0.5) is 0 Å². The third-order valence-corrected chi connectivity index (χ3v) is 7.32. The van der Waals surface area contributed by atoms with E-state index in [4.69, 9.17) is 25.8 Å². The van der Waals surface area contributed by atoms with Gasteiger partial charge in [0.25, 0.3) is 5.56 Å². The van der Waals surface area contributed by atoms with Crippen LogP contribution < -0.4 is 24.4 Å². The zero-order chi connectivity index (χ0) is 26.1. The van der Waals surface area contributed by atoms with E-state index in [9.17, 15) is 14.7 Å². The molecule has 0 spiro atoms. The van der Waals surface area contributed by atoms with Crippen molar-refractivity contribution in [1.82, 2.24) is 4.57 Å². The Hall–Kier alpha value is -3.08. The van der Waals surface area contributed by atoms with Crippen LogP contribution >= 0.6 is 38.9 Å². The summed E-state index contributed by atoms with van der Waals surface area (Å²) in [5, 5.41) is 10.6. The molecular weight excluding hydrogens is 572 g/mol. The zero-order valence-electron chi connectivity index (χ0n) is 19.8. The van der Waals surface area contributed by atoms with Gasteiger partial charge in [-0.05, 0) is 50.3 Å². The number of allylic oxidation sites excluding steroid dienone is 1. The van der Waals surface area contributed by atoms with Crippen molar-refractivity contribution in [3.8, 4) is 17.2 Å².